The molecule has 0 aliphatic heterocycles. The third-order valence-corrected chi connectivity index (χ3v) is 1.54. The predicted octanol–water partition coefficient (Wildman–Crippen LogP) is 0.520. The number of carbonyl (C=O) groups is 1. The predicted molar refractivity (Wildman–Crippen MR) is 43.9 cm³/mol. The molecule has 0 unspecified atom stereocenters. The molecule has 0 saturated heterocycles. The van der Waals surface area contributed by atoms with Crippen LogP contribution in [0, 0.1) is 0 Å². The standard InChI is InChI=1S/C8H9NO4/c1-13-7-4-5(8(11)9-12)2-3-6(7)10/h2-4,10,12H,1H3,(H,9,11). The van der Waals surface area contributed by atoms with Gasteiger partial charge >= 0.3 is 0 Å². The number of aromatic hydroxyl groups is 1. The second-order valence-electron chi connectivity index (χ2n) is 2.33. The van der Waals surface area contributed by atoms with E-state index in [1.807, 2.05) is 0 Å². The monoisotopic (exact) mass is 183 g/mol. The normalized spacial score (nSPS) is 9.38. The summed E-state index contributed by atoms with van der Waals surface area (Å²) in [4.78, 5) is 10.9. The fourth-order valence-electron chi connectivity index (χ4n) is 0.883. The average Bonchev–Trinajstić information content (AvgIpc) is 2.17. The molecule has 0 atom stereocenters. The van der Waals surface area contributed by atoms with Gasteiger partial charge in [-0.15, -0.1) is 0 Å². The van der Waals surface area contributed by atoms with Crippen LogP contribution in [0.5, 0.6) is 11.5 Å². The number of nitrogens with one attached hydrogen (secondary N) is 1. The van der Waals surface area contributed by atoms with Gasteiger partial charge in [-0.1, -0.05) is 0 Å². The Morgan fingerprint density at radius 1 is 1.54 bits per heavy atom. The van der Waals surface area contributed by atoms with Gasteiger partial charge in [-0.05, 0) is 18.2 Å². The van der Waals surface area contributed by atoms with Gasteiger partial charge < -0.3 is 9.84 Å². The summed E-state index contributed by atoms with van der Waals surface area (Å²) in [6.07, 6.45) is 0. The molecule has 0 aliphatic carbocycles. The highest BCUT2D eigenvalue weighted by atomic mass is 16.5. The van der Waals surface area contributed by atoms with Crippen molar-refractivity contribution in [2.75, 3.05) is 7.11 Å². The molecular weight excluding hydrogens is 174 g/mol. The highest BCUT2D eigenvalue weighted by Crippen LogP contribution is 2.25. The van der Waals surface area contributed by atoms with Crippen LogP contribution in [0.1, 0.15) is 10.4 Å². The topological polar surface area (TPSA) is 78.8 Å². The number of benzene rings is 1. The van der Waals surface area contributed by atoms with Gasteiger partial charge in [0.05, 0.1) is 7.11 Å². The van der Waals surface area contributed by atoms with E-state index >= 15 is 0 Å². The quantitative estimate of drug-likeness (QED) is 0.461. The first kappa shape index (κ1) is 9.34. The van der Waals surface area contributed by atoms with Gasteiger partial charge in [0.15, 0.2) is 11.5 Å². The third-order valence-electron chi connectivity index (χ3n) is 1.54. The van der Waals surface area contributed by atoms with Crippen molar-refractivity contribution in [1.29, 1.82) is 0 Å². The zero-order chi connectivity index (χ0) is 9.84. The minimum atomic E-state index is -0.654. The zero-order valence-corrected chi connectivity index (χ0v) is 6.94. The molecule has 1 rings (SSSR count). The summed E-state index contributed by atoms with van der Waals surface area (Å²) in [6.45, 7) is 0. The Morgan fingerprint density at radius 2 is 2.23 bits per heavy atom. The summed E-state index contributed by atoms with van der Waals surface area (Å²) in [5, 5.41) is 17.5. The van der Waals surface area contributed by atoms with Crippen molar-refractivity contribution >= 4 is 5.91 Å². The van der Waals surface area contributed by atoms with Crippen molar-refractivity contribution < 1.29 is 19.8 Å². The summed E-state index contributed by atoms with van der Waals surface area (Å²) in [5.41, 5.74) is 1.68. The molecule has 0 fully saturated rings. The van der Waals surface area contributed by atoms with E-state index in [9.17, 15) is 9.90 Å². The van der Waals surface area contributed by atoms with Crippen molar-refractivity contribution in [1.82, 2.24) is 5.48 Å². The molecule has 0 bridgehead atoms. The largest absolute Gasteiger partial charge is 0.504 e. The number of ether oxygens (including phenoxy) is 1. The molecular formula is C8H9NO4. The van der Waals surface area contributed by atoms with E-state index in [2.05, 4.69) is 0 Å². The number of rotatable bonds is 2. The molecule has 1 aromatic rings. The molecule has 5 heteroatoms. The first-order valence-electron chi connectivity index (χ1n) is 3.50. The van der Waals surface area contributed by atoms with E-state index in [1.165, 1.54) is 30.8 Å². The molecule has 1 amide bonds. The van der Waals surface area contributed by atoms with E-state index in [4.69, 9.17) is 9.94 Å². The maximum absolute atomic E-state index is 10.9. The lowest BCUT2D eigenvalue weighted by Crippen LogP contribution is -2.18. The number of hydrogen-bond donors (Lipinski definition) is 3. The maximum Gasteiger partial charge on any atom is 0.274 e. The van der Waals surface area contributed by atoms with Crippen molar-refractivity contribution in [3.63, 3.8) is 0 Å². The zero-order valence-electron chi connectivity index (χ0n) is 6.94. The van der Waals surface area contributed by atoms with Crippen molar-refractivity contribution in [3.05, 3.63) is 23.8 Å². The number of carbonyl (C=O) groups excluding carboxylic acids is 1. The summed E-state index contributed by atoms with van der Waals surface area (Å²) in [6, 6.07) is 3.99. The van der Waals surface area contributed by atoms with E-state index in [0.29, 0.717) is 0 Å². The van der Waals surface area contributed by atoms with Crippen LogP contribution in [0.2, 0.25) is 0 Å². The van der Waals surface area contributed by atoms with Crippen molar-refractivity contribution in [3.8, 4) is 11.5 Å². The molecule has 3 N–H and O–H groups in total. The fraction of sp³-hybridized carbons (Fsp3) is 0.125. The summed E-state index contributed by atoms with van der Waals surface area (Å²) in [7, 11) is 1.37. The highest BCUT2D eigenvalue weighted by Gasteiger charge is 2.07. The number of phenols is 1. The van der Waals surface area contributed by atoms with E-state index in [-0.39, 0.29) is 17.1 Å². The molecule has 0 saturated carbocycles. The number of hydrogen-bond acceptors (Lipinski definition) is 4. The molecule has 0 radical (unpaired) electrons. The first-order valence-corrected chi connectivity index (χ1v) is 3.50. The summed E-state index contributed by atoms with van der Waals surface area (Å²) in [5.74, 6) is -0.531. The Labute approximate surface area is 74.5 Å². The first-order chi connectivity index (χ1) is 6.19. The van der Waals surface area contributed by atoms with Gasteiger partial charge in [0.25, 0.3) is 5.91 Å². The summed E-state index contributed by atoms with van der Waals surface area (Å²) >= 11 is 0. The van der Waals surface area contributed by atoms with E-state index in [0.717, 1.165) is 0 Å². The molecule has 5 nitrogen and oxygen atoms in total. The second kappa shape index (κ2) is 3.77. The van der Waals surface area contributed by atoms with Gasteiger partial charge in [0.2, 0.25) is 0 Å². The van der Waals surface area contributed by atoms with Crippen LogP contribution in [0.3, 0.4) is 0 Å². The van der Waals surface area contributed by atoms with Crippen LogP contribution in [-0.4, -0.2) is 23.3 Å². The lowest BCUT2D eigenvalue weighted by molar-refractivity contribution is 0.0706. The summed E-state index contributed by atoms with van der Waals surface area (Å²) < 4.78 is 4.77. The van der Waals surface area contributed by atoms with E-state index < -0.39 is 5.91 Å². The number of methoxy groups -OCH3 is 1. The molecule has 13 heavy (non-hydrogen) atoms. The lowest BCUT2D eigenvalue weighted by atomic mass is 10.2. The number of amides is 1. The van der Waals surface area contributed by atoms with Gasteiger partial charge in [-0.25, -0.2) is 5.48 Å². The number of phenolic OH excluding ortho intramolecular Hbond substituents is 1. The van der Waals surface area contributed by atoms with Crippen LogP contribution in [-0.2, 0) is 0 Å². The Morgan fingerprint density at radius 3 is 2.77 bits per heavy atom. The number of hydroxylamine groups is 1. The van der Waals surface area contributed by atoms with Gasteiger partial charge in [-0.3, -0.25) is 10.0 Å². The smallest absolute Gasteiger partial charge is 0.274 e. The molecule has 70 valence electrons. The average molecular weight is 183 g/mol. The fourth-order valence-corrected chi connectivity index (χ4v) is 0.883. The Bertz CT molecular complexity index is 324. The molecule has 0 aliphatic rings. The Kier molecular flexibility index (Phi) is 2.71. The minimum Gasteiger partial charge on any atom is -0.504 e. The van der Waals surface area contributed by atoms with Gasteiger partial charge in [0.1, 0.15) is 0 Å². The molecule has 0 heterocycles. The van der Waals surface area contributed by atoms with Crippen molar-refractivity contribution in [2.24, 2.45) is 0 Å². The lowest BCUT2D eigenvalue weighted by Gasteiger charge is -2.04. The SMILES string of the molecule is COc1cc(C(=O)NO)ccc1O. The minimum absolute atomic E-state index is 0.0583. The third kappa shape index (κ3) is 1.88. The van der Waals surface area contributed by atoms with Crippen LogP contribution in [0.15, 0.2) is 18.2 Å². The highest BCUT2D eigenvalue weighted by molar-refractivity contribution is 5.94. The van der Waals surface area contributed by atoms with Gasteiger partial charge in [-0.2, -0.15) is 0 Å². The van der Waals surface area contributed by atoms with Crippen LogP contribution >= 0.6 is 0 Å². The van der Waals surface area contributed by atoms with Crippen LogP contribution in [0.4, 0.5) is 0 Å². The Hall–Kier alpha value is -1.75. The van der Waals surface area contributed by atoms with Crippen LogP contribution < -0.4 is 10.2 Å². The molecule has 1 aromatic carbocycles. The molecule has 0 aromatic heterocycles. The van der Waals surface area contributed by atoms with Gasteiger partial charge in [0, 0.05) is 5.56 Å². The molecule has 0 spiro atoms. The van der Waals surface area contributed by atoms with Crippen LogP contribution in [0.25, 0.3) is 0 Å². The second-order valence-corrected chi connectivity index (χ2v) is 2.33. The van der Waals surface area contributed by atoms with Crippen molar-refractivity contribution in [2.45, 2.75) is 0 Å². The Balaban J connectivity index is 3.06. The maximum atomic E-state index is 10.9. The van der Waals surface area contributed by atoms with E-state index in [1.54, 1.807) is 0 Å².